The number of carbonyl (C=O) groups is 1. The maximum Gasteiger partial charge on any atom is 0.282 e. The zero-order valence-electron chi connectivity index (χ0n) is 15.7. The van der Waals surface area contributed by atoms with Gasteiger partial charge in [0.2, 0.25) is 0 Å². The largest absolute Gasteiger partial charge is 0.379 e. The number of nitro benzene ring substituents is 1. The van der Waals surface area contributed by atoms with Crippen molar-refractivity contribution >= 4 is 23.4 Å². The first-order chi connectivity index (χ1) is 13.6. The number of nitrogens with one attached hydrogen (secondary N) is 1. The minimum atomic E-state index is -0.522. The molecule has 0 bridgehead atoms. The second-order valence-corrected chi connectivity index (χ2v) is 7.36. The van der Waals surface area contributed by atoms with Crippen LogP contribution in [0.3, 0.4) is 0 Å². The van der Waals surface area contributed by atoms with Crippen molar-refractivity contribution < 1.29 is 14.5 Å². The molecule has 7 nitrogen and oxygen atoms in total. The van der Waals surface area contributed by atoms with Gasteiger partial charge in [-0.05, 0) is 29.5 Å². The average molecular weight is 401 g/mol. The topological polar surface area (TPSA) is 84.7 Å². The van der Waals surface area contributed by atoms with Crippen LogP contribution in [-0.4, -0.2) is 48.3 Å². The van der Waals surface area contributed by atoms with E-state index in [1.807, 2.05) is 30.5 Å². The Hall–Kier alpha value is -2.42. The Bertz CT molecular complexity index is 853. The molecule has 2 aromatic carbocycles. The van der Waals surface area contributed by atoms with Crippen molar-refractivity contribution in [3.63, 3.8) is 0 Å². The molecule has 0 unspecified atom stereocenters. The molecule has 0 atom stereocenters. The summed E-state index contributed by atoms with van der Waals surface area (Å²) in [5, 5.41) is 14.1. The van der Waals surface area contributed by atoms with E-state index in [1.54, 1.807) is 12.1 Å². The molecule has 1 N–H and O–H groups in total. The molecule has 0 spiro atoms. The van der Waals surface area contributed by atoms with Crippen LogP contribution in [0, 0.1) is 10.1 Å². The predicted octanol–water partition coefficient (Wildman–Crippen LogP) is 3.08. The number of hydrogen-bond acceptors (Lipinski definition) is 6. The summed E-state index contributed by atoms with van der Waals surface area (Å²) in [7, 11) is 0. The third kappa shape index (κ3) is 5.09. The van der Waals surface area contributed by atoms with E-state index in [0.717, 1.165) is 48.9 Å². The quantitative estimate of drug-likeness (QED) is 0.436. The number of hydrogen-bond donors (Lipinski definition) is 1. The number of amides is 1. The van der Waals surface area contributed by atoms with Gasteiger partial charge in [-0.15, -0.1) is 11.8 Å². The van der Waals surface area contributed by atoms with E-state index in [1.165, 1.54) is 17.8 Å². The second-order valence-electron chi connectivity index (χ2n) is 6.48. The number of ether oxygens (including phenoxy) is 1. The first-order valence-electron chi connectivity index (χ1n) is 9.06. The van der Waals surface area contributed by atoms with Crippen molar-refractivity contribution in [2.24, 2.45) is 0 Å². The van der Waals surface area contributed by atoms with Crippen molar-refractivity contribution in [3.8, 4) is 0 Å². The Labute approximate surface area is 168 Å². The molecule has 1 amide bonds. The van der Waals surface area contributed by atoms with Gasteiger partial charge in [-0.2, -0.15) is 0 Å². The number of nitro groups is 1. The molecule has 28 heavy (non-hydrogen) atoms. The number of rotatable bonds is 7. The van der Waals surface area contributed by atoms with Gasteiger partial charge < -0.3 is 10.1 Å². The maximum absolute atomic E-state index is 12.7. The average Bonchev–Trinajstić information content (AvgIpc) is 2.73. The summed E-state index contributed by atoms with van der Waals surface area (Å²) in [4.78, 5) is 26.5. The van der Waals surface area contributed by atoms with Gasteiger partial charge >= 0.3 is 0 Å². The molecule has 0 saturated carbocycles. The highest BCUT2D eigenvalue weighted by molar-refractivity contribution is 7.98. The van der Waals surface area contributed by atoms with E-state index < -0.39 is 10.8 Å². The van der Waals surface area contributed by atoms with Gasteiger partial charge in [0.25, 0.3) is 11.6 Å². The lowest BCUT2D eigenvalue weighted by Gasteiger charge is -2.27. The first-order valence-corrected chi connectivity index (χ1v) is 10.3. The van der Waals surface area contributed by atoms with Crippen LogP contribution in [0.4, 0.5) is 5.69 Å². The molecule has 2 aromatic rings. The molecule has 3 rings (SSSR count). The van der Waals surface area contributed by atoms with Crippen molar-refractivity contribution in [1.29, 1.82) is 0 Å². The molecule has 8 heteroatoms. The summed E-state index contributed by atoms with van der Waals surface area (Å²) >= 11 is 1.44. The minimum absolute atomic E-state index is 0.0857. The lowest BCUT2D eigenvalue weighted by atomic mass is 10.1. The standard InChI is InChI=1S/C20H23N3O4S/c1-28-17-6-7-19(23(25)26)18(12-17)20(24)21-13-15-4-2-3-5-16(15)14-22-8-10-27-11-9-22/h2-7,12H,8-11,13-14H2,1H3,(H,21,24). The molecule has 0 aliphatic carbocycles. The van der Waals surface area contributed by atoms with Gasteiger partial charge in [0.1, 0.15) is 5.56 Å². The highest BCUT2D eigenvalue weighted by Gasteiger charge is 2.21. The van der Waals surface area contributed by atoms with E-state index in [9.17, 15) is 14.9 Å². The van der Waals surface area contributed by atoms with Gasteiger partial charge in [-0.3, -0.25) is 19.8 Å². The van der Waals surface area contributed by atoms with Gasteiger partial charge in [0, 0.05) is 37.1 Å². The van der Waals surface area contributed by atoms with E-state index in [2.05, 4.69) is 10.2 Å². The van der Waals surface area contributed by atoms with Crippen LogP contribution in [0.5, 0.6) is 0 Å². The Kier molecular flexibility index (Phi) is 7.02. The Balaban J connectivity index is 1.72. The molecule has 148 valence electrons. The number of carbonyl (C=O) groups excluding carboxylic acids is 1. The van der Waals surface area contributed by atoms with Crippen molar-refractivity contribution in [3.05, 3.63) is 69.3 Å². The van der Waals surface area contributed by atoms with E-state index in [4.69, 9.17) is 4.74 Å². The van der Waals surface area contributed by atoms with Crippen LogP contribution in [0.15, 0.2) is 47.4 Å². The molecular formula is C20H23N3O4S. The molecule has 1 saturated heterocycles. The van der Waals surface area contributed by atoms with E-state index >= 15 is 0 Å². The zero-order valence-corrected chi connectivity index (χ0v) is 16.5. The molecule has 0 aromatic heterocycles. The van der Waals surface area contributed by atoms with Gasteiger partial charge in [0.15, 0.2) is 0 Å². The fraction of sp³-hybridized carbons (Fsp3) is 0.350. The summed E-state index contributed by atoms with van der Waals surface area (Å²) in [6, 6.07) is 12.5. The fourth-order valence-electron chi connectivity index (χ4n) is 3.14. The maximum atomic E-state index is 12.7. The summed E-state index contributed by atoms with van der Waals surface area (Å²) in [6.45, 7) is 4.34. The summed E-state index contributed by atoms with van der Waals surface area (Å²) in [5.74, 6) is -0.441. The van der Waals surface area contributed by atoms with Gasteiger partial charge in [0.05, 0.1) is 18.1 Å². The predicted molar refractivity (Wildman–Crippen MR) is 109 cm³/mol. The van der Waals surface area contributed by atoms with E-state index in [-0.39, 0.29) is 11.3 Å². The van der Waals surface area contributed by atoms with Crippen LogP contribution in [-0.2, 0) is 17.8 Å². The van der Waals surface area contributed by atoms with E-state index in [0.29, 0.717) is 6.54 Å². The normalized spacial score (nSPS) is 14.6. The monoisotopic (exact) mass is 401 g/mol. The smallest absolute Gasteiger partial charge is 0.282 e. The SMILES string of the molecule is CSc1ccc([N+](=O)[O-])c(C(=O)NCc2ccccc2CN2CCOCC2)c1. The lowest BCUT2D eigenvalue weighted by Crippen LogP contribution is -2.36. The van der Waals surface area contributed by atoms with Crippen LogP contribution < -0.4 is 5.32 Å². The third-order valence-electron chi connectivity index (χ3n) is 4.70. The number of morpholine rings is 1. The Morgan fingerprint density at radius 2 is 1.93 bits per heavy atom. The minimum Gasteiger partial charge on any atom is -0.379 e. The summed E-state index contributed by atoms with van der Waals surface area (Å²) < 4.78 is 5.39. The highest BCUT2D eigenvalue weighted by Crippen LogP contribution is 2.25. The molecule has 1 aliphatic heterocycles. The first kappa shape index (κ1) is 20.3. The molecule has 0 radical (unpaired) electrons. The van der Waals surface area contributed by atoms with Gasteiger partial charge in [-0.1, -0.05) is 24.3 Å². The lowest BCUT2D eigenvalue weighted by molar-refractivity contribution is -0.385. The molecule has 1 fully saturated rings. The third-order valence-corrected chi connectivity index (χ3v) is 5.43. The molecule has 1 heterocycles. The van der Waals surface area contributed by atoms with Crippen LogP contribution in [0.2, 0.25) is 0 Å². The number of nitrogens with zero attached hydrogens (tertiary/aromatic N) is 2. The molecule has 1 aliphatic rings. The van der Waals surface area contributed by atoms with Crippen LogP contribution >= 0.6 is 11.8 Å². The van der Waals surface area contributed by atoms with Crippen molar-refractivity contribution in [2.75, 3.05) is 32.6 Å². The van der Waals surface area contributed by atoms with Gasteiger partial charge in [-0.25, -0.2) is 0 Å². The van der Waals surface area contributed by atoms with Crippen molar-refractivity contribution in [1.82, 2.24) is 10.2 Å². The number of benzene rings is 2. The summed E-state index contributed by atoms with van der Waals surface area (Å²) in [6.07, 6.45) is 1.87. The number of thioether (sulfide) groups is 1. The van der Waals surface area contributed by atoms with Crippen LogP contribution in [0.1, 0.15) is 21.5 Å². The zero-order chi connectivity index (χ0) is 19.9. The van der Waals surface area contributed by atoms with Crippen molar-refractivity contribution in [2.45, 2.75) is 18.0 Å². The fourth-order valence-corrected chi connectivity index (χ4v) is 3.58. The Morgan fingerprint density at radius 3 is 2.61 bits per heavy atom. The molecular weight excluding hydrogens is 378 g/mol. The summed E-state index contributed by atoms with van der Waals surface area (Å²) in [5.41, 5.74) is 2.04. The second kappa shape index (κ2) is 9.68. The van der Waals surface area contributed by atoms with Crippen LogP contribution in [0.25, 0.3) is 0 Å². The Morgan fingerprint density at radius 1 is 1.21 bits per heavy atom. The highest BCUT2D eigenvalue weighted by atomic mass is 32.2.